The lowest BCUT2D eigenvalue weighted by molar-refractivity contribution is -0.137. The molecule has 3 aliphatic heterocycles. The molecular weight excluding hydrogens is 445 g/mol. The number of halogens is 5. The molecule has 3 heterocycles. The Morgan fingerprint density at radius 2 is 1.67 bits per heavy atom. The molecule has 1 aromatic rings. The van der Waals surface area contributed by atoms with Crippen molar-refractivity contribution in [1.29, 1.82) is 0 Å². The van der Waals surface area contributed by atoms with E-state index in [1.54, 1.807) is 0 Å². The normalized spacial score (nSPS) is 27.3. The molecule has 5 nitrogen and oxygen atoms in total. The highest BCUT2D eigenvalue weighted by molar-refractivity contribution is 5.83. The Kier molecular flexibility index (Phi) is 5.36. The van der Waals surface area contributed by atoms with Crippen LogP contribution in [0.15, 0.2) is 41.0 Å². The van der Waals surface area contributed by atoms with Crippen LogP contribution in [0.3, 0.4) is 0 Å². The summed E-state index contributed by atoms with van der Waals surface area (Å²) in [5, 5.41) is 0. The molecule has 0 aromatic heterocycles. The zero-order valence-corrected chi connectivity index (χ0v) is 17.8. The second-order valence-corrected chi connectivity index (χ2v) is 9.31. The van der Waals surface area contributed by atoms with Crippen molar-refractivity contribution in [2.75, 3.05) is 32.8 Å². The van der Waals surface area contributed by atoms with E-state index in [1.807, 2.05) is 6.08 Å². The van der Waals surface area contributed by atoms with Crippen LogP contribution in [0.4, 0.5) is 26.7 Å². The SMILES string of the molecule is O=C(N1CC(C2=NC(C3CC3)=CCO2)CC(c2ccc(C(F)(F)F)cc2)C1)N1CC(F)(F)C1. The Morgan fingerprint density at radius 3 is 2.27 bits per heavy atom. The van der Waals surface area contributed by atoms with E-state index < -0.39 is 36.8 Å². The number of amides is 2. The van der Waals surface area contributed by atoms with Crippen LogP contribution in [0.2, 0.25) is 0 Å². The van der Waals surface area contributed by atoms with Crippen LogP contribution >= 0.6 is 0 Å². The summed E-state index contributed by atoms with van der Waals surface area (Å²) >= 11 is 0. The number of rotatable bonds is 3. The summed E-state index contributed by atoms with van der Waals surface area (Å²) in [6.07, 6.45) is 0.212. The Balaban J connectivity index is 1.38. The van der Waals surface area contributed by atoms with Gasteiger partial charge in [0.1, 0.15) is 6.61 Å². The van der Waals surface area contributed by atoms with Crippen LogP contribution in [-0.4, -0.2) is 60.4 Å². The largest absolute Gasteiger partial charge is 0.476 e. The van der Waals surface area contributed by atoms with Gasteiger partial charge in [-0.3, -0.25) is 0 Å². The number of likely N-dealkylation sites (tertiary alicyclic amines) is 2. The number of benzene rings is 1. The van der Waals surface area contributed by atoms with E-state index in [9.17, 15) is 26.7 Å². The zero-order chi connectivity index (χ0) is 23.4. The van der Waals surface area contributed by atoms with Crippen molar-refractivity contribution in [3.05, 3.63) is 47.2 Å². The second-order valence-electron chi connectivity index (χ2n) is 9.31. The number of ether oxygens (including phenoxy) is 1. The van der Waals surface area contributed by atoms with E-state index in [-0.39, 0.29) is 24.9 Å². The summed E-state index contributed by atoms with van der Waals surface area (Å²) in [7, 11) is 0. The standard InChI is InChI=1S/C23H24F5N3O2/c24-22(25)12-31(13-22)21(32)30-10-16(14-3-5-18(6-4-14)23(26,27)28)9-17(11-30)20-29-19(7-8-33-20)15-1-2-15/h3-7,15-17H,1-2,8-13H2. The maximum atomic E-state index is 13.3. The third kappa shape index (κ3) is 4.70. The first kappa shape index (κ1) is 22.2. The van der Waals surface area contributed by atoms with Crippen molar-refractivity contribution < 1.29 is 31.5 Å². The van der Waals surface area contributed by atoms with Gasteiger partial charge in [0.05, 0.1) is 24.6 Å². The smallest absolute Gasteiger partial charge is 0.416 e. The fraction of sp³-hybridized carbons (Fsp3) is 0.565. The average molecular weight is 469 g/mol. The Bertz CT molecular complexity index is 977. The highest BCUT2D eigenvalue weighted by Crippen LogP contribution is 2.40. The third-order valence-electron chi connectivity index (χ3n) is 6.65. The molecule has 3 fully saturated rings. The van der Waals surface area contributed by atoms with Gasteiger partial charge in [-0.25, -0.2) is 18.6 Å². The van der Waals surface area contributed by atoms with Gasteiger partial charge in [0.2, 0.25) is 0 Å². The number of piperidine rings is 1. The van der Waals surface area contributed by atoms with Crippen LogP contribution in [-0.2, 0) is 10.9 Å². The topological polar surface area (TPSA) is 45.1 Å². The minimum Gasteiger partial charge on any atom is -0.476 e. The Hall–Kier alpha value is -2.65. The van der Waals surface area contributed by atoms with Crippen molar-refractivity contribution in [2.45, 2.75) is 37.3 Å². The Morgan fingerprint density at radius 1 is 1.00 bits per heavy atom. The molecule has 2 amide bonds. The molecule has 178 valence electrons. The fourth-order valence-electron chi connectivity index (χ4n) is 4.73. The van der Waals surface area contributed by atoms with Crippen LogP contribution in [0.5, 0.6) is 0 Å². The first-order valence-electron chi connectivity index (χ1n) is 11.1. The average Bonchev–Trinajstić information content (AvgIpc) is 3.62. The fourth-order valence-corrected chi connectivity index (χ4v) is 4.73. The highest BCUT2D eigenvalue weighted by Gasteiger charge is 2.48. The number of allylic oxidation sites excluding steroid dienone is 1. The number of hydrogen-bond donors (Lipinski definition) is 0. The molecule has 10 heteroatoms. The van der Waals surface area contributed by atoms with E-state index in [1.165, 1.54) is 17.0 Å². The summed E-state index contributed by atoms with van der Waals surface area (Å²) in [5.74, 6) is -2.46. The number of hydrogen-bond acceptors (Lipinski definition) is 3. The number of aliphatic imine (C=N–C) groups is 1. The molecule has 2 saturated heterocycles. The van der Waals surface area contributed by atoms with Crippen molar-refractivity contribution in [3.8, 4) is 0 Å². The number of nitrogens with zero attached hydrogens (tertiary/aromatic N) is 3. The third-order valence-corrected chi connectivity index (χ3v) is 6.65. The molecule has 1 saturated carbocycles. The first-order chi connectivity index (χ1) is 15.6. The molecule has 0 spiro atoms. The van der Waals surface area contributed by atoms with Crippen molar-refractivity contribution >= 4 is 11.9 Å². The van der Waals surface area contributed by atoms with Crippen molar-refractivity contribution in [2.24, 2.45) is 16.8 Å². The zero-order valence-electron chi connectivity index (χ0n) is 17.8. The van der Waals surface area contributed by atoms with Gasteiger partial charge in [-0.1, -0.05) is 12.1 Å². The molecular formula is C23H24F5N3O2. The molecule has 1 aliphatic carbocycles. The van der Waals surface area contributed by atoms with Gasteiger partial charge in [-0.15, -0.1) is 0 Å². The predicted octanol–water partition coefficient (Wildman–Crippen LogP) is 4.90. The molecule has 5 rings (SSSR count). The predicted molar refractivity (Wildman–Crippen MR) is 110 cm³/mol. The lowest BCUT2D eigenvalue weighted by Crippen LogP contribution is -2.63. The van der Waals surface area contributed by atoms with Gasteiger partial charge in [0, 0.05) is 30.6 Å². The molecule has 1 aromatic carbocycles. The number of carbonyl (C=O) groups is 1. The summed E-state index contributed by atoms with van der Waals surface area (Å²) < 4.78 is 71.4. The molecule has 0 N–H and O–H groups in total. The molecule has 2 atom stereocenters. The van der Waals surface area contributed by atoms with E-state index in [4.69, 9.17) is 4.74 Å². The maximum Gasteiger partial charge on any atom is 0.416 e. The van der Waals surface area contributed by atoms with E-state index in [0.717, 1.165) is 35.6 Å². The highest BCUT2D eigenvalue weighted by atomic mass is 19.4. The Labute approximate surface area is 187 Å². The lowest BCUT2D eigenvalue weighted by atomic mass is 9.84. The summed E-state index contributed by atoms with van der Waals surface area (Å²) in [6.45, 7) is -0.345. The van der Waals surface area contributed by atoms with Gasteiger partial charge < -0.3 is 14.5 Å². The summed E-state index contributed by atoms with van der Waals surface area (Å²) in [5.41, 5.74) is 0.899. The number of carbonyl (C=O) groups excluding carboxylic acids is 1. The monoisotopic (exact) mass is 469 g/mol. The van der Waals surface area contributed by atoms with Gasteiger partial charge in [-0.05, 0) is 43.0 Å². The number of urea groups is 1. The van der Waals surface area contributed by atoms with E-state index in [2.05, 4.69) is 4.99 Å². The minimum absolute atomic E-state index is 0.237. The van der Waals surface area contributed by atoms with E-state index >= 15 is 0 Å². The lowest BCUT2D eigenvalue weighted by Gasteiger charge is -2.45. The van der Waals surface area contributed by atoms with Crippen molar-refractivity contribution in [1.82, 2.24) is 9.80 Å². The van der Waals surface area contributed by atoms with E-state index in [0.29, 0.717) is 30.4 Å². The van der Waals surface area contributed by atoms with Crippen LogP contribution < -0.4 is 0 Å². The first-order valence-corrected chi connectivity index (χ1v) is 11.1. The molecule has 2 unspecified atom stereocenters. The minimum atomic E-state index is -4.44. The van der Waals surface area contributed by atoms with Gasteiger partial charge >= 0.3 is 12.2 Å². The summed E-state index contributed by atoms with van der Waals surface area (Å²) in [6, 6.07) is 4.43. The molecule has 0 bridgehead atoms. The molecule has 4 aliphatic rings. The maximum absolute atomic E-state index is 13.3. The van der Waals surface area contributed by atoms with Crippen LogP contribution in [0.25, 0.3) is 0 Å². The van der Waals surface area contributed by atoms with Gasteiger partial charge in [0.25, 0.3) is 5.92 Å². The van der Waals surface area contributed by atoms with Crippen LogP contribution in [0.1, 0.15) is 36.3 Å². The van der Waals surface area contributed by atoms with Gasteiger partial charge in [-0.2, -0.15) is 13.2 Å². The number of alkyl halides is 5. The summed E-state index contributed by atoms with van der Waals surface area (Å²) in [4.78, 5) is 20.2. The van der Waals surface area contributed by atoms with Crippen molar-refractivity contribution in [3.63, 3.8) is 0 Å². The molecule has 0 radical (unpaired) electrons. The van der Waals surface area contributed by atoms with Crippen LogP contribution in [0, 0.1) is 11.8 Å². The van der Waals surface area contributed by atoms with Gasteiger partial charge in [0.15, 0.2) is 5.90 Å². The quantitative estimate of drug-likeness (QED) is 0.591. The molecule has 33 heavy (non-hydrogen) atoms. The second kappa shape index (κ2) is 7.99.